The van der Waals surface area contributed by atoms with Gasteiger partial charge in [0.2, 0.25) is 0 Å². The molecule has 1 aromatic heterocycles. The van der Waals surface area contributed by atoms with Crippen molar-refractivity contribution in [3.05, 3.63) is 105 Å². The van der Waals surface area contributed by atoms with Crippen molar-refractivity contribution in [2.75, 3.05) is 31.1 Å². The molecule has 1 saturated heterocycles. The maximum absolute atomic E-state index is 14.7. The highest BCUT2D eigenvalue weighted by molar-refractivity contribution is 6.30. The number of halogens is 5. The first kappa shape index (κ1) is 25.7. The van der Waals surface area contributed by atoms with Crippen molar-refractivity contribution < 1.29 is 13.2 Å². The van der Waals surface area contributed by atoms with Gasteiger partial charge in [0.25, 0.3) is 0 Å². The van der Waals surface area contributed by atoms with E-state index in [0.717, 1.165) is 28.7 Å². The molecule has 37 heavy (non-hydrogen) atoms. The van der Waals surface area contributed by atoms with Crippen molar-refractivity contribution in [2.45, 2.75) is 20.4 Å². The molecule has 8 heteroatoms. The summed E-state index contributed by atoms with van der Waals surface area (Å²) in [4.78, 5) is 4.08. The minimum atomic E-state index is -1.13. The van der Waals surface area contributed by atoms with Crippen LogP contribution in [-0.2, 0) is 6.54 Å². The van der Waals surface area contributed by atoms with Crippen LogP contribution in [0.1, 0.15) is 16.8 Å². The third kappa shape index (κ3) is 5.11. The van der Waals surface area contributed by atoms with Gasteiger partial charge in [-0.2, -0.15) is 0 Å². The molecule has 0 saturated carbocycles. The van der Waals surface area contributed by atoms with Crippen LogP contribution in [0.3, 0.4) is 0 Å². The van der Waals surface area contributed by atoms with Gasteiger partial charge in [-0.3, -0.25) is 4.90 Å². The van der Waals surface area contributed by atoms with E-state index in [9.17, 15) is 13.2 Å². The van der Waals surface area contributed by atoms with Crippen molar-refractivity contribution in [3.63, 3.8) is 0 Å². The molecule has 0 bridgehead atoms. The van der Waals surface area contributed by atoms with E-state index in [1.54, 1.807) is 4.90 Å². The van der Waals surface area contributed by atoms with Gasteiger partial charge in [0.1, 0.15) is 0 Å². The van der Waals surface area contributed by atoms with E-state index >= 15 is 0 Å². The molecule has 0 spiro atoms. The Kier molecular flexibility index (Phi) is 7.26. The van der Waals surface area contributed by atoms with Crippen LogP contribution < -0.4 is 4.90 Å². The molecule has 192 valence electrons. The lowest BCUT2D eigenvalue weighted by Crippen LogP contribution is -2.46. The summed E-state index contributed by atoms with van der Waals surface area (Å²) in [6, 6.07) is 18.7. The Bertz CT molecular complexity index is 1420. The molecule has 0 amide bonds. The second-order valence-electron chi connectivity index (χ2n) is 9.35. The number of aromatic nitrogens is 1. The van der Waals surface area contributed by atoms with Gasteiger partial charge >= 0.3 is 0 Å². The minimum absolute atomic E-state index is 0.117. The number of benzene rings is 3. The highest BCUT2D eigenvalue weighted by Crippen LogP contribution is 2.32. The van der Waals surface area contributed by atoms with Crippen molar-refractivity contribution >= 4 is 28.9 Å². The first-order valence-corrected chi connectivity index (χ1v) is 12.8. The minimum Gasteiger partial charge on any atom is -0.367 e. The van der Waals surface area contributed by atoms with Crippen LogP contribution in [0.2, 0.25) is 10.0 Å². The zero-order valence-corrected chi connectivity index (χ0v) is 22.1. The molecular weight excluding hydrogens is 518 g/mol. The van der Waals surface area contributed by atoms with E-state index in [2.05, 4.69) is 22.5 Å². The molecule has 0 atom stereocenters. The molecule has 5 rings (SSSR count). The van der Waals surface area contributed by atoms with Crippen LogP contribution in [0.4, 0.5) is 18.9 Å². The topological polar surface area (TPSA) is 11.4 Å². The Balaban J connectivity index is 1.40. The molecule has 0 radical (unpaired) electrons. The Morgan fingerprint density at radius 1 is 0.757 bits per heavy atom. The second-order valence-corrected chi connectivity index (χ2v) is 10.2. The van der Waals surface area contributed by atoms with Gasteiger partial charge in [-0.15, -0.1) is 0 Å². The molecule has 3 aromatic carbocycles. The van der Waals surface area contributed by atoms with E-state index in [1.165, 1.54) is 12.5 Å². The molecule has 3 nitrogen and oxygen atoms in total. The first-order chi connectivity index (χ1) is 17.7. The molecule has 1 aliphatic rings. The van der Waals surface area contributed by atoms with E-state index in [1.807, 2.05) is 48.5 Å². The van der Waals surface area contributed by atoms with Crippen LogP contribution in [0, 0.1) is 31.3 Å². The summed E-state index contributed by atoms with van der Waals surface area (Å²) in [5, 5.41) is 1.35. The second kappa shape index (κ2) is 10.4. The Hall–Kier alpha value is -2.93. The van der Waals surface area contributed by atoms with Crippen LogP contribution in [0.15, 0.2) is 60.7 Å². The fraction of sp³-hybridized carbons (Fsp3) is 0.241. The van der Waals surface area contributed by atoms with Crippen molar-refractivity contribution in [1.82, 2.24) is 9.47 Å². The fourth-order valence-electron chi connectivity index (χ4n) is 4.91. The predicted octanol–water partition coefficient (Wildman–Crippen LogP) is 7.81. The van der Waals surface area contributed by atoms with Gasteiger partial charge in [0.15, 0.2) is 17.5 Å². The van der Waals surface area contributed by atoms with Gasteiger partial charge < -0.3 is 9.47 Å². The van der Waals surface area contributed by atoms with E-state index < -0.39 is 17.5 Å². The van der Waals surface area contributed by atoms with Crippen LogP contribution in [0.5, 0.6) is 0 Å². The lowest BCUT2D eigenvalue weighted by atomic mass is 10.1. The quantitative estimate of drug-likeness (QED) is 0.238. The number of hydrogen-bond donors (Lipinski definition) is 0. The lowest BCUT2D eigenvalue weighted by molar-refractivity contribution is 0.248. The fourth-order valence-corrected chi connectivity index (χ4v) is 5.16. The summed E-state index contributed by atoms with van der Waals surface area (Å²) >= 11 is 12.3. The molecule has 0 unspecified atom stereocenters. The summed E-state index contributed by atoms with van der Waals surface area (Å²) < 4.78 is 44.6. The summed E-state index contributed by atoms with van der Waals surface area (Å²) in [5.41, 5.74) is 5.21. The van der Waals surface area contributed by atoms with Gasteiger partial charge in [-0.05, 0) is 67.4 Å². The Morgan fingerprint density at radius 3 is 1.97 bits per heavy atom. The number of piperazine rings is 1. The molecule has 4 aromatic rings. The number of nitrogens with zero attached hydrogens (tertiary/aromatic N) is 3. The molecule has 0 aliphatic carbocycles. The number of rotatable bonds is 5. The van der Waals surface area contributed by atoms with E-state index in [-0.39, 0.29) is 11.3 Å². The first-order valence-electron chi connectivity index (χ1n) is 12.1. The highest BCUT2D eigenvalue weighted by atomic mass is 35.5. The molecule has 1 fully saturated rings. The van der Waals surface area contributed by atoms with Crippen LogP contribution >= 0.6 is 23.2 Å². The van der Waals surface area contributed by atoms with E-state index in [4.69, 9.17) is 23.2 Å². The largest absolute Gasteiger partial charge is 0.367 e. The third-order valence-corrected chi connectivity index (χ3v) is 7.54. The van der Waals surface area contributed by atoms with Crippen LogP contribution in [-0.4, -0.2) is 35.6 Å². The van der Waals surface area contributed by atoms with Crippen molar-refractivity contribution in [2.24, 2.45) is 0 Å². The Labute approximate surface area is 224 Å². The maximum Gasteiger partial charge on any atom is 0.164 e. The van der Waals surface area contributed by atoms with Crippen molar-refractivity contribution in [3.8, 4) is 16.9 Å². The number of hydrogen-bond acceptors (Lipinski definition) is 2. The molecule has 1 aliphatic heterocycles. The molecule has 0 N–H and O–H groups in total. The third-order valence-electron chi connectivity index (χ3n) is 7.04. The summed E-state index contributed by atoms with van der Waals surface area (Å²) in [6.07, 6.45) is 0. The van der Waals surface area contributed by atoms with Crippen molar-refractivity contribution in [1.29, 1.82) is 0 Å². The SMILES string of the molecule is Cc1c(F)c(F)cc(N2CCN(Cc3cc(-c4ccc(Cl)cc4)n(-c4ccc(Cl)cc4)c3C)CC2)c1F. The summed E-state index contributed by atoms with van der Waals surface area (Å²) in [6.45, 7) is 6.43. The predicted molar refractivity (Wildman–Crippen MR) is 145 cm³/mol. The smallest absolute Gasteiger partial charge is 0.164 e. The Morgan fingerprint density at radius 2 is 1.35 bits per heavy atom. The van der Waals surface area contributed by atoms with Gasteiger partial charge in [-0.1, -0.05) is 35.3 Å². The monoisotopic (exact) mass is 543 g/mol. The highest BCUT2D eigenvalue weighted by Gasteiger charge is 2.25. The zero-order chi connectivity index (χ0) is 26.3. The van der Waals surface area contributed by atoms with Gasteiger partial charge in [-0.25, -0.2) is 13.2 Å². The summed E-state index contributed by atoms with van der Waals surface area (Å²) in [5.74, 6) is -2.85. The normalized spacial score (nSPS) is 14.4. The van der Waals surface area contributed by atoms with Gasteiger partial charge in [0.05, 0.1) is 11.4 Å². The molecule has 2 heterocycles. The average Bonchev–Trinajstić information content (AvgIpc) is 3.22. The van der Waals surface area contributed by atoms with Gasteiger partial charge in [0, 0.05) is 65.8 Å². The maximum atomic E-state index is 14.7. The van der Waals surface area contributed by atoms with E-state index in [0.29, 0.717) is 42.8 Å². The standard InChI is InChI=1S/C29H26Cl2F3N3/c1-18-28(33)25(32)16-27(29(18)34)36-13-11-35(12-14-36)17-21-15-26(20-3-5-22(30)6-4-20)37(19(21)2)24-9-7-23(31)8-10-24/h3-10,15-16H,11-14,17H2,1-2H3. The number of anilines is 1. The summed E-state index contributed by atoms with van der Waals surface area (Å²) in [7, 11) is 0. The van der Waals surface area contributed by atoms with Crippen LogP contribution in [0.25, 0.3) is 16.9 Å². The molecular formula is C29H26Cl2F3N3. The zero-order valence-electron chi connectivity index (χ0n) is 20.5. The average molecular weight is 544 g/mol. The lowest BCUT2D eigenvalue weighted by Gasteiger charge is -2.36.